The highest BCUT2D eigenvalue weighted by Gasteiger charge is 2.40. The minimum absolute atomic E-state index is 0.214. The topological polar surface area (TPSA) is 0 Å². The third-order valence-corrected chi connectivity index (χ3v) is 27.1. The van der Waals surface area contributed by atoms with E-state index in [2.05, 4.69) is 72.8 Å². The second-order valence-corrected chi connectivity index (χ2v) is 28.4. The monoisotopic (exact) mass is 833 g/mol. The van der Waals surface area contributed by atoms with E-state index in [0.717, 1.165) is 34.0 Å². The molecule has 0 nitrogen and oxygen atoms in total. The largest absolute Gasteiger partial charge is 0.0686 e. The molecule has 0 saturated heterocycles. The van der Waals surface area contributed by atoms with Crippen molar-refractivity contribution in [2.75, 3.05) is 0 Å². The number of hydrogen-bond donors (Lipinski definition) is 0. The Balaban J connectivity index is 1.25. The molecule has 0 amide bonds. The van der Waals surface area contributed by atoms with Crippen molar-refractivity contribution in [3.63, 3.8) is 0 Å². The van der Waals surface area contributed by atoms with E-state index in [9.17, 15) is 0 Å². The van der Waals surface area contributed by atoms with Crippen molar-refractivity contribution < 1.29 is 0 Å². The molecule has 0 atom stereocenters. The first kappa shape index (κ1) is 42.3. The van der Waals surface area contributed by atoms with Crippen LogP contribution in [0.2, 0.25) is 0 Å². The molecule has 0 heterocycles. The first-order chi connectivity index (χ1) is 28.8. The first-order valence-electron chi connectivity index (χ1n) is 25.5. The molecule has 6 saturated carbocycles. The Bertz CT molecular complexity index is 1430. The minimum atomic E-state index is -0.214. The lowest BCUT2D eigenvalue weighted by Crippen LogP contribution is -2.33. The fraction of sp³-hybridized carbons (Fsp3) is 0.673. The average Bonchev–Trinajstić information content (AvgIpc) is 3.30. The molecule has 6 fully saturated rings. The Morgan fingerprint density at radius 1 is 0.259 bits per heavy atom. The lowest BCUT2D eigenvalue weighted by molar-refractivity contribution is 0.486. The van der Waals surface area contributed by atoms with Crippen LogP contribution < -0.4 is 15.9 Å². The molecule has 0 N–H and O–H groups in total. The van der Waals surface area contributed by atoms with Crippen LogP contribution in [0.15, 0.2) is 72.8 Å². The quantitative estimate of drug-likeness (QED) is 0.126. The molecule has 314 valence electrons. The molecule has 0 unspecified atom stereocenters. The summed E-state index contributed by atoms with van der Waals surface area (Å²) in [7, 11) is -0.642. The third kappa shape index (κ3) is 9.77. The second-order valence-electron chi connectivity index (χ2n) is 20.1. The van der Waals surface area contributed by atoms with Gasteiger partial charge >= 0.3 is 0 Å². The average molecular weight is 833 g/mol. The maximum Gasteiger partial charge on any atom is 0.0358 e. The van der Waals surface area contributed by atoms with Crippen LogP contribution in [-0.4, -0.2) is 34.0 Å². The Morgan fingerprint density at radius 3 is 0.655 bits per heavy atom. The highest BCUT2D eigenvalue weighted by Crippen LogP contribution is 2.60. The minimum Gasteiger partial charge on any atom is -0.0686 e. The Hall–Kier alpha value is -1.05. The standard InChI is InChI=1S/C55H79P3/c1-7-25-43(26-8-1)56(44-27-9-2-10-28-44)52-40-22-19-37-49(52)55(50-38-20-23-41-53(50)57(45-29-11-3-12-30-45)46-31-13-4-14-32-46)51-39-21-24-42-54(51)58(47-33-15-5-16-34-47)48-35-17-6-18-36-48/h19-24,37-48,55H,1-18,25-36H2. The lowest BCUT2D eigenvalue weighted by atomic mass is 9.85. The summed E-state index contributed by atoms with van der Waals surface area (Å²) in [5.74, 6) is 0.357. The highest BCUT2D eigenvalue weighted by atomic mass is 31.1. The molecule has 0 radical (unpaired) electrons. The van der Waals surface area contributed by atoms with Gasteiger partial charge in [0.25, 0.3) is 0 Å². The third-order valence-electron chi connectivity index (χ3n) is 16.4. The normalized spacial score (nSPS) is 23.4. The summed E-state index contributed by atoms with van der Waals surface area (Å²) >= 11 is 0. The molecule has 0 bridgehead atoms. The van der Waals surface area contributed by atoms with Gasteiger partial charge in [-0.1, -0.05) is 212 Å². The second kappa shape index (κ2) is 21.4. The maximum absolute atomic E-state index is 2.73. The molecule has 58 heavy (non-hydrogen) atoms. The highest BCUT2D eigenvalue weighted by molar-refractivity contribution is 7.68. The van der Waals surface area contributed by atoms with Crippen molar-refractivity contribution in [3.05, 3.63) is 89.5 Å². The van der Waals surface area contributed by atoms with Crippen molar-refractivity contribution in [3.8, 4) is 0 Å². The predicted molar refractivity (Wildman–Crippen MR) is 261 cm³/mol. The zero-order valence-corrected chi connectivity index (χ0v) is 39.2. The van der Waals surface area contributed by atoms with E-state index in [1.54, 1.807) is 16.7 Å². The SMILES string of the molecule is c1ccc(P(C2CCCCC2)C2CCCCC2)c(C(c2ccccc2P(C2CCCCC2)C2CCCCC2)c2ccccc2P(C2CCCCC2)C2CCCCC2)c1. The van der Waals surface area contributed by atoms with Crippen molar-refractivity contribution >= 4 is 39.7 Å². The molecular weight excluding hydrogens is 754 g/mol. The Labute approximate surface area is 360 Å². The Kier molecular flexibility index (Phi) is 15.6. The number of hydrogen-bond acceptors (Lipinski definition) is 0. The molecule has 0 spiro atoms. The van der Waals surface area contributed by atoms with Crippen LogP contribution in [0.4, 0.5) is 0 Å². The van der Waals surface area contributed by atoms with Gasteiger partial charge in [-0.15, -0.1) is 0 Å². The molecule has 6 aliphatic carbocycles. The van der Waals surface area contributed by atoms with E-state index < -0.39 is 0 Å². The van der Waals surface area contributed by atoms with Crippen molar-refractivity contribution in [2.45, 2.75) is 232 Å². The first-order valence-corrected chi connectivity index (χ1v) is 29.9. The van der Waals surface area contributed by atoms with E-state index in [-0.39, 0.29) is 23.8 Å². The molecule has 3 aromatic carbocycles. The molecule has 6 aliphatic rings. The van der Waals surface area contributed by atoms with E-state index in [0.29, 0.717) is 5.92 Å². The van der Waals surface area contributed by atoms with Gasteiger partial charge in [-0.25, -0.2) is 0 Å². The zero-order chi connectivity index (χ0) is 38.9. The molecule has 3 heteroatoms. The van der Waals surface area contributed by atoms with Gasteiger partial charge in [0.1, 0.15) is 0 Å². The van der Waals surface area contributed by atoms with Crippen LogP contribution in [0.25, 0.3) is 0 Å². The van der Waals surface area contributed by atoms with E-state index in [1.807, 2.05) is 15.9 Å². The molecular formula is C55H79P3. The van der Waals surface area contributed by atoms with E-state index in [1.165, 1.54) is 193 Å². The number of rotatable bonds is 12. The maximum atomic E-state index is 2.73. The lowest BCUT2D eigenvalue weighted by Gasteiger charge is -2.43. The molecule has 3 aromatic rings. The fourth-order valence-corrected chi connectivity index (χ4v) is 25.6. The van der Waals surface area contributed by atoms with Crippen molar-refractivity contribution in [1.82, 2.24) is 0 Å². The summed E-state index contributed by atoms with van der Waals surface area (Å²) in [6, 6.07) is 31.3. The fourth-order valence-electron chi connectivity index (χ4n) is 13.6. The van der Waals surface area contributed by atoms with Crippen LogP contribution in [0.5, 0.6) is 0 Å². The van der Waals surface area contributed by atoms with Gasteiger partial charge in [-0.3, -0.25) is 0 Å². The van der Waals surface area contributed by atoms with Gasteiger partial charge < -0.3 is 0 Å². The summed E-state index contributed by atoms with van der Waals surface area (Å²) < 4.78 is 0. The predicted octanol–water partition coefficient (Wildman–Crippen LogP) is 16.2. The summed E-state index contributed by atoms with van der Waals surface area (Å²) in [5, 5.41) is 5.56. The van der Waals surface area contributed by atoms with E-state index in [4.69, 9.17) is 0 Å². The Morgan fingerprint density at radius 2 is 0.448 bits per heavy atom. The van der Waals surface area contributed by atoms with Gasteiger partial charge in [-0.05, 0) is 144 Å². The van der Waals surface area contributed by atoms with Crippen molar-refractivity contribution in [2.24, 2.45) is 0 Å². The van der Waals surface area contributed by atoms with Crippen LogP contribution in [0, 0.1) is 0 Å². The van der Waals surface area contributed by atoms with E-state index >= 15 is 0 Å². The van der Waals surface area contributed by atoms with Crippen LogP contribution in [-0.2, 0) is 0 Å². The van der Waals surface area contributed by atoms with Gasteiger partial charge in [-0.2, -0.15) is 0 Å². The molecule has 0 aliphatic heterocycles. The summed E-state index contributed by atoms with van der Waals surface area (Å²) in [4.78, 5) is 0. The van der Waals surface area contributed by atoms with Crippen LogP contribution >= 0.6 is 23.8 Å². The smallest absolute Gasteiger partial charge is 0.0358 e. The van der Waals surface area contributed by atoms with Crippen LogP contribution in [0.1, 0.15) is 215 Å². The van der Waals surface area contributed by atoms with Gasteiger partial charge in [0.15, 0.2) is 0 Å². The molecule has 9 rings (SSSR count). The van der Waals surface area contributed by atoms with Crippen LogP contribution in [0.3, 0.4) is 0 Å². The van der Waals surface area contributed by atoms with Gasteiger partial charge in [0.05, 0.1) is 0 Å². The summed E-state index contributed by atoms with van der Waals surface area (Å²) in [5.41, 5.74) is 10.8. The number of benzene rings is 3. The molecule has 0 aromatic heterocycles. The summed E-state index contributed by atoms with van der Waals surface area (Å²) in [6.07, 6.45) is 44.2. The summed E-state index contributed by atoms with van der Waals surface area (Å²) in [6.45, 7) is 0. The van der Waals surface area contributed by atoms with Gasteiger partial charge in [0.2, 0.25) is 0 Å². The van der Waals surface area contributed by atoms with Crippen molar-refractivity contribution in [1.29, 1.82) is 0 Å². The zero-order valence-electron chi connectivity index (χ0n) is 36.5. The van der Waals surface area contributed by atoms with Gasteiger partial charge in [0, 0.05) is 5.92 Å².